The Balaban J connectivity index is 1.35. The van der Waals surface area contributed by atoms with Crippen molar-refractivity contribution in [3.63, 3.8) is 0 Å². The minimum absolute atomic E-state index is 0.00241. The van der Waals surface area contributed by atoms with Gasteiger partial charge in [-0.2, -0.15) is 0 Å². The molecule has 5 rings (SSSR count). The molecule has 4 aromatic rings. The number of hydrogen-bond donors (Lipinski definition) is 1. The number of anilines is 1. The van der Waals surface area contributed by atoms with E-state index in [1.807, 2.05) is 52.4 Å². The number of aromatic nitrogens is 2. The minimum atomic E-state index is 0.00241. The molecule has 1 aliphatic rings. The van der Waals surface area contributed by atoms with Crippen LogP contribution in [0.5, 0.6) is 0 Å². The van der Waals surface area contributed by atoms with E-state index in [1.165, 1.54) is 17.5 Å². The average molecular weight is 373 g/mol. The molecule has 0 atom stereocenters. The Kier molecular flexibility index (Phi) is 4.02. The maximum absolute atomic E-state index is 12.6. The van der Waals surface area contributed by atoms with Crippen LogP contribution in [-0.2, 0) is 24.1 Å². The second kappa shape index (κ2) is 6.67. The maximum atomic E-state index is 12.6. The number of amides is 1. The summed E-state index contributed by atoms with van der Waals surface area (Å²) in [5.74, 6) is 0.00241. The van der Waals surface area contributed by atoms with E-state index in [-0.39, 0.29) is 5.91 Å². The first-order chi connectivity index (χ1) is 13.3. The van der Waals surface area contributed by atoms with Crippen molar-refractivity contribution in [1.29, 1.82) is 0 Å². The molecule has 0 fully saturated rings. The number of carbonyl (C=O) groups is 1. The molecule has 134 valence electrons. The molecule has 0 aliphatic heterocycles. The van der Waals surface area contributed by atoms with Crippen molar-refractivity contribution in [2.45, 2.75) is 25.7 Å². The van der Waals surface area contributed by atoms with Crippen molar-refractivity contribution in [3.05, 3.63) is 76.9 Å². The fourth-order valence-corrected chi connectivity index (χ4v) is 4.60. The molecule has 4 nitrogen and oxygen atoms in total. The van der Waals surface area contributed by atoms with Crippen molar-refractivity contribution >= 4 is 27.9 Å². The van der Waals surface area contributed by atoms with E-state index in [1.54, 1.807) is 11.3 Å². The van der Waals surface area contributed by atoms with Crippen LogP contribution in [0.2, 0.25) is 0 Å². The highest BCUT2D eigenvalue weighted by atomic mass is 32.1. The highest BCUT2D eigenvalue weighted by molar-refractivity contribution is 7.15. The molecular weight excluding hydrogens is 354 g/mol. The van der Waals surface area contributed by atoms with E-state index in [9.17, 15) is 4.79 Å². The summed E-state index contributed by atoms with van der Waals surface area (Å²) < 4.78 is 2.02. The maximum Gasteiger partial charge on any atom is 0.230 e. The van der Waals surface area contributed by atoms with Crippen molar-refractivity contribution in [2.75, 3.05) is 5.32 Å². The number of nitrogens with one attached hydrogen (secondary N) is 1. The minimum Gasteiger partial charge on any atom is -0.326 e. The summed E-state index contributed by atoms with van der Waals surface area (Å²) in [7, 11) is 0. The molecule has 0 unspecified atom stereocenters. The predicted octanol–water partition coefficient (Wildman–Crippen LogP) is 4.73. The van der Waals surface area contributed by atoms with Crippen LogP contribution in [0.15, 0.2) is 60.1 Å². The second-order valence-corrected chi connectivity index (χ2v) is 7.77. The molecule has 1 N–H and O–H groups in total. The van der Waals surface area contributed by atoms with Gasteiger partial charge in [0.25, 0.3) is 0 Å². The van der Waals surface area contributed by atoms with Gasteiger partial charge in [0.2, 0.25) is 5.91 Å². The molecular formula is C22H19N3OS. The van der Waals surface area contributed by atoms with Gasteiger partial charge in [0.05, 0.1) is 12.1 Å². The number of fused-ring (bicyclic) bond motifs is 2. The zero-order chi connectivity index (χ0) is 18.2. The lowest BCUT2D eigenvalue weighted by atomic mass is 10.1. The molecule has 1 amide bonds. The summed E-state index contributed by atoms with van der Waals surface area (Å²) in [6.45, 7) is 0. The molecule has 0 bridgehead atoms. The van der Waals surface area contributed by atoms with Gasteiger partial charge in [-0.1, -0.05) is 36.4 Å². The third kappa shape index (κ3) is 3.15. The van der Waals surface area contributed by atoms with Crippen molar-refractivity contribution in [3.8, 4) is 11.3 Å². The Labute approximate surface area is 161 Å². The summed E-state index contributed by atoms with van der Waals surface area (Å²) in [5, 5.41) is 5.06. The standard InChI is InChI=1S/C22H19N3OS/c26-21(23-18-10-9-15-7-4-8-17(15)11-18)12-19-14-27-22-24-20(13-25(19)22)16-5-2-1-3-6-16/h1-3,5-6,9-11,13-14H,4,7-8,12H2,(H,23,26). The molecule has 2 aromatic carbocycles. The summed E-state index contributed by atoms with van der Waals surface area (Å²) in [4.78, 5) is 18.2. The Hall–Kier alpha value is -2.92. The lowest BCUT2D eigenvalue weighted by Gasteiger charge is -2.07. The van der Waals surface area contributed by atoms with Crippen molar-refractivity contribution in [1.82, 2.24) is 9.38 Å². The van der Waals surface area contributed by atoms with Gasteiger partial charge in [0, 0.05) is 28.5 Å². The topological polar surface area (TPSA) is 46.4 Å². The van der Waals surface area contributed by atoms with Crippen LogP contribution >= 0.6 is 11.3 Å². The van der Waals surface area contributed by atoms with Crippen molar-refractivity contribution < 1.29 is 4.79 Å². The second-order valence-electron chi connectivity index (χ2n) is 6.93. The largest absolute Gasteiger partial charge is 0.326 e. The highest BCUT2D eigenvalue weighted by Gasteiger charge is 2.14. The Morgan fingerprint density at radius 3 is 2.85 bits per heavy atom. The number of imidazole rings is 1. The quantitative estimate of drug-likeness (QED) is 0.562. The van der Waals surface area contributed by atoms with Crippen LogP contribution < -0.4 is 5.32 Å². The van der Waals surface area contributed by atoms with E-state index in [0.29, 0.717) is 6.42 Å². The van der Waals surface area contributed by atoms with Gasteiger partial charge in [-0.15, -0.1) is 11.3 Å². The van der Waals surface area contributed by atoms with Crippen LogP contribution in [0.3, 0.4) is 0 Å². The van der Waals surface area contributed by atoms with Gasteiger partial charge in [-0.25, -0.2) is 4.98 Å². The lowest BCUT2D eigenvalue weighted by Crippen LogP contribution is -2.15. The van der Waals surface area contributed by atoms with Crippen molar-refractivity contribution in [2.24, 2.45) is 0 Å². The average Bonchev–Trinajstić information content (AvgIpc) is 3.39. The molecule has 0 radical (unpaired) electrons. The SMILES string of the molecule is O=C(Cc1csc2nc(-c3ccccc3)cn12)Nc1ccc2c(c1)CCC2. The van der Waals surface area contributed by atoms with Gasteiger partial charge < -0.3 is 5.32 Å². The van der Waals surface area contributed by atoms with E-state index in [0.717, 1.165) is 40.4 Å². The highest BCUT2D eigenvalue weighted by Crippen LogP contribution is 2.26. The molecule has 1 aliphatic carbocycles. The van der Waals surface area contributed by atoms with E-state index in [2.05, 4.69) is 22.4 Å². The zero-order valence-corrected chi connectivity index (χ0v) is 15.6. The first-order valence-electron chi connectivity index (χ1n) is 9.19. The lowest BCUT2D eigenvalue weighted by molar-refractivity contribution is -0.115. The zero-order valence-electron chi connectivity index (χ0n) is 14.8. The van der Waals surface area contributed by atoms with Crippen LogP contribution in [0.25, 0.3) is 16.2 Å². The van der Waals surface area contributed by atoms with Gasteiger partial charge in [0.15, 0.2) is 4.96 Å². The molecule has 5 heteroatoms. The van der Waals surface area contributed by atoms with Gasteiger partial charge >= 0.3 is 0 Å². The van der Waals surface area contributed by atoms with E-state index >= 15 is 0 Å². The summed E-state index contributed by atoms with van der Waals surface area (Å²) >= 11 is 1.57. The molecule has 0 spiro atoms. The number of rotatable bonds is 4. The fraction of sp³-hybridized carbons (Fsp3) is 0.182. The fourth-order valence-electron chi connectivity index (χ4n) is 3.72. The molecule has 0 saturated heterocycles. The number of thiazole rings is 1. The third-order valence-electron chi connectivity index (χ3n) is 5.08. The molecule has 2 aromatic heterocycles. The predicted molar refractivity (Wildman–Crippen MR) is 109 cm³/mol. The number of hydrogen-bond acceptors (Lipinski definition) is 3. The van der Waals surface area contributed by atoms with Gasteiger partial charge in [0.1, 0.15) is 0 Å². The number of benzene rings is 2. The summed E-state index contributed by atoms with van der Waals surface area (Å²) in [6, 6.07) is 16.4. The smallest absolute Gasteiger partial charge is 0.230 e. The number of nitrogens with zero attached hydrogens (tertiary/aromatic N) is 2. The molecule has 0 saturated carbocycles. The Morgan fingerprint density at radius 1 is 1.11 bits per heavy atom. The first-order valence-corrected chi connectivity index (χ1v) is 10.1. The van der Waals surface area contributed by atoms with Crippen LogP contribution in [0, 0.1) is 0 Å². The Morgan fingerprint density at radius 2 is 1.96 bits per heavy atom. The van der Waals surface area contributed by atoms with Gasteiger partial charge in [-0.05, 0) is 42.5 Å². The summed E-state index contributed by atoms with van der Waals surface area (Å²) in [5.41, 5.74) is 6.66. The third-order valence-corrected chi connectivity index (χ3v) is 5.97. The van der Waals surface area contributed by atoms with Crippen LogP contribution in [0.4, 0.5) is 5.69 Å². The van der Waals surface area contributed by atoms with Crippen LogP contribution in [-0.4, -0.2) is 15.3 Å². The summed E-state index contributed by atoms with van der Waals surface area (Å²) in [6.07, 6.45) is 5.83. The Bertz CT molecular complexity index is 1130. The number of aryl methyl sites for hydroxylation is 2. The normalized spacial score (nSPS) is 13.0. The first kappa shape index (κ1) is 16.3. The van der Waals surface area contributed by atoms with Gasteiger partial charge in [-0.3, -0.25) is 9.20 Å². The monoisotopic (exact) mass is 373 g/mol. The van der Waals surface area contributed by atoms with E-state index < -0.39 is 0 Å². The van der Waals surface area contributed by atoms with E-state index in [4.69, 9.17) is 0 Å². The molecule has 2 heterocycles. The number of carbonyl (C=O) groups excluding carboxylic acids is 1. The molecule has 27 heavy (non-hydrogen) atoms. The van der Waals surface area contributed by atoms with Crippen LogP contribution in [0.1, 0.15) is 23.2 Å².